The van der Waals surface area contributed by atoms with Crippen LogP contribution in [-0.4, -0.2) is 38.0 Å². The first-order valence-corrected chi connectivity index (χ1v) is 10.9. The van der Waals surface area contributed by atoms with Crippen molar-refractivity contribution in [2.45, 2.75) is 18.2 Å². The average molecular weight is 442 g/mol. The second kappa shape index (κ2) is 9.90. The van der Waals surface area contributed by atoms with E-state index in [-0.39, 0.29) is 22.5 Å². The Bertz CT molecular complexity index is 1130. The van der Waals surface area contributed by atoms with Crippen LogP contribution in [0.1, 0.15) is 23.7 Å². The summed E-state index contributed by atoms with van der Waals surface area (Å²) in [5.74, 6) is 0.412. The van der Waals surface area contributed by atoms with E-state index in [1.807, 2.05) is 6.92 Å². The number of benzene rings is 2. The molecule has 1 aromatic heterocycles. The highest BCUT2D eigenvalue weighted by Crippen LogP contribution is 2.22. The number of aromatic nitrogens is 2. The zero-order valence-electron chi connectivity index (χ0n) is 17.0. The van der Waals surface area contributed by atoms with Crippen molar-refractivity contribution in [1.29, 1.82) is 0 Å². The predicted molar refractivity (Wildman–Crippen MR) is 116 cm³/mol. The molecule has 0 radical (unpaired) electrons. The Morgan fingerprint density at radius 3 is 2.32 bits per heavy atom. The molecule has 0 saturated carbocycles. The van der Waals surface area contributed by atoms with Gasteiger partial charge in [-0.1, -0.05) is 6.92 Å². The lowest BCUT2D eigenvalue weighted by molar-refractivity contribution is 0.102. The third-order valence-corrected chi connectivity index (χ3v) is 5.46. The summed E-state index contributed by atoms with van der Waals surface area (Å²) >= 11 is 0. The minimum atomic E-state index is -3.91. The molecule has 3 rings (SSSR count). The Morgan fingerprint density at radius 2 is 1.68 bits per heavy atom. The second-order valence-corrected chi connectivity index (χ2v) is 8.05. The molecule has 10 heteroatoms. The van der Waals surface area contributed by atoms with Gasteiger partial charge in [-0.25, -0.2) is 18.4 Å². The van der Waals surface area contributed by atoms with Crippen LogP contribution in [-0.2, 0) is 10.0 Å². The van der Waals surface area contributed by atoms with E-state index in [0.29, 0.717) is 23.6 Å². The molecule has 2 aromatic carbocycles. The summed E-state index contributed by atoms with van der Waals surface area (Å²) in [5, 5.41) is 2.73. The summed E-state index contributed by atoms with van der Waals surface area (Å²) in [6.45, 7) is 2.63. The van der Waals surface area contributed by atoms with Gasteiger partial charge in [-0.05, 0) is 55.0 Å². The monoisotopic (exact) mass is 442 g/mol. The first-order valence-electron chi connectivity index (χ1n) is 9.45. The van der Waals surface area contributed by atoms with Gasteiger partial charge in [0.25, 0.3) is 21.8 Å². The van der Waals surface area contributed by atoms with Crippen molar-refractivity contribution in [3.8, 4) is 11.6 Å². The quantitative estimate of drug-likeness (QED) is 0.522. The van der Waals surface area contributed by atoms with Crippen LogP contribution < -0.4 is 19.5 Å². The van der Waals surface area contributed by atoms with Crippen LogP contribution >= 0.6 is 0 Å². The molecule has 0 spiro atoms. The standard InChI is InChI=1S/C21H22N4O5S/c1-3-14-30-17-8-4-15(5-9-17)20(26)24-16-6-10-18(11-7-16)31(27,28)25-19-21(29-2)23-13-12-22-19/h4-13H,3,14H2,1-2H3,(H,22,25)(H,24,26). The Hall–Kier alpha value is -3.66. The largest absolute Gasteiger partial charge is 0.494 e. The summed E-state index contributed by atoms with van der Waals surface area (Å²) in [7, 11) is -2.55. The SMILES string of the molecule is CCCOc1ccc(C(=O)Nc2ccc(S(=O)(=O)Nc3nccnc3OC)cc2)cc1. The van der Waals surface area contributed by atoms with Crippen molar-refractivity contribution in [3.63, 3.8) is 0 Å². The maximum absolute atomic E-state index is 12.6. The summed E-state index contributed by atoms with van der Waals surface area (Å²) < 4.78 is 38.0. The third-order valence-electron chi connectivity index (χ3n) is 4.10. The van der Waals surface area contributed by atoms with E-state index in [1.54, 1.807) is 24.3 Å². The zero-order chi connectivity index (χ0) is 22.3. The van der Waals surface area contributed by atoms with E-state index in [1.165, 1.54) is 43.8 Å². The van der Waals surface area contributed by atoms with Crippen LogP contribution in [0.5, 0.6) is 11.6 Å². The number of ether oxygens (including phenoxy) is 2. The number of hydrogen-bond donors (Lipinski definition) is 2. The average Bonchev–Trinajstić information content (AvgIpc) is 2.78. The van der Waals surface area contributed by atoms with Gasteiger partial charge in [0.15, 0.2) is 0 Å². The summed E-state index contributed by atoms with van der Waals surface area (Å²) in [6.07, 6.45) is 3.64. The van der Waals surface area contributed by atoms with E-state index < -0.39 is 10.0 Å². The van der Waals surface area contributed by atoms with Crippen molar-refractivity contribution in [1.82, 2.24) is 9.97 Å². The lowest BCUT2D eigenvalue weighted by Gasteiger charge is -2.11. The minimum absolute atomic E-state index is 0.00405. The lowest BCUT2D eigenvalue weighted by atomic mass is 10.2. The maximum atomic E-state index is 12.6. The third kappa shape index (κ3) is 5.70. The van der Waals surface area contributed by atoms with Gasteiger partial charge in [-0.15, -0.1) is 0 Å². The second-order valence-electron chi connectivity index (χ2n) is 6.37. The first-order chi connectivity index (χ1) is 14.9. The van der Waals surface area contributed by atoms with Crippen LogP contribution in [0.2, 0.25) is 0 Å². The number of amides is 1. The van der Waals surface area contributed by atoms with Gasteiger partial charge in [0, 0.05) is 23.6 Å². The number of methoxy groups -OCH3 is 1. The smallest absolute Gasteiger partial charge is 0.263 e. The van der Waals surface area contributed by atoms with Crippen LogP contribution in [0.4, 0.5) is 11.5 Å². The number of carbonyl (C=O) groups is 1. The normalized spacial score (nSPS) is 10.9. The molecule has 1 amide bonds. The van der Waals surface area contributed by atoms with E-state index in [9.17, 15) is 13.2 Å². The molecule has 0 aliphatic rings. The van der Waals surface area contributed by atoms with Gasteiger partial charge in [0.2, 0.25) is 5.82 Å². The van der Waals surface area contributed by atoms with Crippen LogP contribution in [0.3, 0.4) is 0 Å². The Balaban J connectivity index is 1.67. The maximum Gasteiger partial charge on any atom is 0.263 e. The van der Waals surface area contributed by atoms with Crippen molar-refractivity contribution >= 4 is 27.4 Å². The fourth-order valence-electron chi connectivity index (χ4n) is 2.57. The number of hydrogen-bond acceptors (Lipinski definition) is 7. The molecular weight excluding hydrogens is 420 g/mol. The van der Waals surface area contributed by atoms with E-state index in [2.05, 4.69) is 20.0 Å². The van der Waals surface area contributed by atoms with Gasteiger partial charge < -0.3 is 14.8 Å². The summed E-state index contributed by atoms with van der Waals surface area (Å²) in [5.41, 5.74) is 0.907. The topological polar surface area (TPSA) is 120 Å². The lowest BCUT2D eigenvalue weighted by Crippen LogP contribution is -2.15. The molecule has 0 aliphatic carbocycles. The Morgan fingerprint density at radius 1 is 1.00 bits per heavy atom. The Labute approximate surface area is 180 Å². The number of anilines is 2. The van der Waals surface area contributed by atoms with Crippen molar-refractivity contribution in [2.24, 2.45) is 0 Å². The zero-order valence-corrected chi connectivity index (χ0v) is 17.8. The molecule has 2 N–H and O–H groups in total. The van der Waals surface area contributed by atoms with Gasteiger partial charge in [-0.2, -0.15) is 0 Å². The Kier molecular flexibility index (Phi) is 7.03. The summed E-state index contributed by atoms with van der Waals surface area (Å²) in [6, 6.07) is 12.5. The molecular formula is C21H22N4O5S. The molecule has 0 saturated heterocycles. The van der Waals surface area contributed by atoms with Gasteiger partial charge >= 0.3 is 0 Å². The number of sulfonamides is 1. The first kappa shape index (κ1) is 22.0. The molecule has 3 aromatic rings. The fourth-order valence-corrected chi connectivity index (χ4v) is 3.58. The van der Waals surface area contributed by atoms with Crippen molar-refractivity contribution in [3.05, 3.63) is 66.5 Å². The van der Waals surface area contributed by atoms with Crippen LogP contribution in [0, 0.1) is 0 Å². The molecule has 1 heterocycles. The highest BCUT2D eigenvalue weighted by molar-refractivity contribution is 7.92. The van der Waals surface area contributed by atoms with Crippen molar-refractivity contribution in [2.75, 3.05) is 23.8 Å². The highest BCUT2D eigenvalue weighted by atomic mass is 32.2. The fraction of sp³-hybridized carbons (Fsp3) is 0.190. The van der Waals surface area contributed by atoms with E-state index >= 15 is 0 Å². The molecule has 0 atom stereocenters. The predicted octanol–water partition coefficient (Wildman–Crippen LogP) is 3.33. The van der Waals surface area contributed by atoms with Gasteiger partial charge in [0.05, 0.1) is 18.6 Å². The van der Waals surface area contributed by atoms with Gasteiger partial charge in [0.1, 0.15) is 5.75 Å². The number of nitrogens with one attached hydrogen (secondary N) is 2. The molecule has 9 nitrogen and oxygen atoms in total. The van der Waals surface area contributed by atoms with E-state index in [0.717, 1.165) is 6.42 Å². The van der Waals surface area contributed by atoms with Crippen LogP contribution in [0.25, 0.3) is 0 Å². The van der Waals surface area contributed by atoms with Gasteiger partial charge in [-0.3, -0.25) is 9.52 Å². The number of nitrogens with zero attached hydrogens (tertiary/aromatic N) is 2. The molecule has 0 fully saturated rings. The number of carbonyl (C=O) groups excluding carboxylic acids is 1. The molecule has 162 valence electrons. The minimum Gasteiger partial charge on any atom is -0.494 e. The van der Waals surface area contributed by atoms with E-state index in [4.69, 9.17) is 9.47 Å². The molecule has 0 aliphatic heterocycles. The molecule has 0 bridgehead atoms. The van der Waals surface area contributed by atoms with Crippen LogP contribution in [0.15, 0.2) is 65.8 Å². The molecule has 31 heavy (non-hydrogen) atoms. The highest BCUT2D eigenvalue weighted by Gasteiger charge is 2.18. The molecule has 0 unspecified atom stereocenters. The number of rotatable bonds is 9. The summed E-state index contributed by atoms with van der Waals surface area (Å²) in [4.78, 5) is 20.3. The van der Waals surface area contributed by atoms with Crippen molar-refractivity contribution < 1.29 is 22.7 Å².